The molecule has 8 heteroatoms. The Bertz CT molecular complexity index is 475. The van der Waals surface area contributed by atoms with Gasteiger partial charge in [-0.2, -0.15) is 0 Å². The van der Waals surface area contributed by atoms with Crippen LogP contribution in [-0.2, 0) is 11.3 Å². The van der Waals surface area contributed by atoms with Crippen LogP contribution in [0.4, 0.5) is 4.79 Å². The van der Waals surface area contributed by atoms with Crippen LogP contribution in [0, 0.1) is 6.92 Å². The minimum atomic E-state index is -0.998. The fourth-order valence-corrected chi connectivity index (χ4v) is 2.42. The highest BCUT2D eigenvalue weighted by atomic mass is 32.1. The maximum atomic E-state index is 11.7. The van der Waals surface area contributed by atoms with Crippen molar-refractivity contribution in [2.24, 2.45) is 0 Å². The number of nitrogens with one attached hydrogen (secondary N) is 2. The van der Waals surface area contributed by atoms with Crippen molar-refractivity contribution in [3.63, 3.8) is 0 Å². The Kier molecular flexibility index (Phi) is 6.40. The number of amides is 2. The zero-order valence-electron chi connectivity index (χ0n) is 11.7. The van der Waals surface area contributed by atoms with Crippen molar-refractivity contribution in [1.29, 1.82) is 0 Å². The third kappa shape index (κ3) is 4.78. The second-order valence-electron chi connectivity index (χ2n) is 4.21. The number of aryl methyl sites for hydroxylation is 1. The Morgan fingerprint density at radius 1 is 1.50 bits per heavy atom. The molecule has 0 aliphatic heterocycles. The van der Waals surface area contributed by atoms with Gasteiger partial charge in [-0.1, -0.05) is 6.92 Å². The van der Waals surface area contributed by atoms with E-state index in [1.807, 2.05) is 6.92 Å². The monoisotopic (exact) mass is 301 g/mol. The first-order valence-corrected chi connectivity index (χ1v) is 7.02. The normalized spacial score (nSPS) is 11.9. The van der Waals surface area contributed by atoms with Crippen LogP contribution in [0.15, 0.2) is 0 Å². The molecule has 0 aromatic carbocycles. The van der Waals surface area contributed by atoms with Gasteiger partial charge in [0.15, 0.2) is 0 Å². The number of thiazole rings is 1. The van der Waals surface area contributed by atoms with Crippen LogP contribution in [0.25, 0.3) is 0 Å². The summed E-state index contributed by atoms with van der Waals surface area (Å²) in [4.78, 5) is 26.9. The summed E-state index contributed by atoms with van der Waals surface area (Å²) >= 11 is 1.07. The fourth-order valence-electron chi connectivity index (χ4n) is 1.58. The Morgan fingerprint density at radius 2 is 2.20 bits per heavy atom. The van der Waals surface area contributed by atoms with Crippen LogP contribution in [-0.4, -0.2) is 41.8 Å². The molecule has 20 heavy (non-hydrogen) atoms. The van der Waals surface area contributed by atoms with E-state index in [4.69, 9.17) is 9.84 Å². The second-order valence-corrected chi connectivity index (χ2v) is 5.30. The molecule has 0 saturated carbocycles. The molecule has 1 unspecified atom stereocenters. The molecule has 1 rings (SSSR count). The van der Waals surface area contributed by atoms with Crippen molar-refractivity contribution in [2.75, 3.05) is 13.7 Å². The van der Waals surface area contributed by atoms with Crippen LogP contribution in [0.1, 0.15) is 33.7 Å². The van der Waals surface area contributed by atoms with Gasteiger partial charge in [0.2, 0.25) is 0 Å². The zero-order valence-corrected chi connectivity index (χ0v) is 12.5. The van der Waals surface area contributed by atoms with Crippen molar-refractivity contribution >= 4 is 23.3 Å². The summed E-state index contributed by atoms with van der Waals surface area (Å²) in [7, 11) is 1.58. The third-order valence-electron chi connectivity index (χ3n) is 2.63. The first-order valence-electron chi connectivity index (χ1n) is 6.20. The molecule has 0 aliphatic carbocycles. The standard InChI is InChI=1S/C12H19N3O4S/c1-4-8(6-19-3)15-12(18)13-5-9-14-7(2)10(20-9)11(16)17/h8H,4-6H2,1-3H3,(H,16,17)(H2,13,15,18). The highest BCUT2D eigenvalue weighted by Crippen LogP contribution is 2.17. The quantitative estimate of drug-likeness (QED) is 0.706. The number of carbonyl (C=O) groups is 2. The van der Waals surface area contributed by atoms with Crippen LogP contribution in [0.5, 0.6) is 0 Å². The Morgan fingerprint density at radius 3 is 2.70 bits per heavy atom. The molecule has 7 nitrogen and oxygen atoms in total. The summed E-state index contributed by atoms with van der Waals surface area (Å²) < 4.78 is 4.99. The average Bonchev–Trinajstić information content (AvgIpc) is 2.77. The molecule has 0 bridgehead atoms. The van der Waals surface area contributed by atoms with Crippen LogP contribution in [0.2, 0.25) is 0 Å². The molecule has 0 aliphatic rings. The average molecular weight is 301 g/mol. The first kappa shape index (κ1) is 16.4. The Hall–Kier alpha value is -1.67. The summed E-state index contributed by atoms with van der Waals surface area (Å²) in [5.74, 6) is -0.998. The smallest absolute Gasteiger partial charge is 0.347 e. The molecule has 3 N–H and O–H groups in total. The lowest BCUT2D eigenvalue weighted by molar-refractivity contribution is 0.0701. The second kappa shape index (κ2) is 7.81. The summed E-state index contributed by atoms with van der Waals surface area (Å²) in [5, 5.41) is 14.9. The molecular formula is C12H19N3O4S. The summed E-state index contributed by atoms with van der Waals surface area (Å²) in [6.45, 7) is 4.24. The lowest BCUT2D eigenvalue weighted by Gasteiger charge is -2.15. The summed E-state index contributed by atoms with van der Waals surface area (Å²) in [5.41, 5.74) is 0.463. The number of carbonyl (C=O) groups excluding carboxylic acids is 1. The molecule has 0 spiro atoms. The number of rotatable bonds is 7. The number of hydrogen-bond acceptors (Lipinski definition) is 5. The van der Waals surface area contributed by atoms with E-state index in [2.05, 4.69) is 15.6 Å². The van der Waals surface area contributed by atoms with Crippen LogP contribution in [0.3, 0.4) is 0 Å². The van der Waals surface area contributed by atoms with E-state index in [1.165, 1.54) is 0 Å². The highest BCUT2D eigenvalue weighted by molar-refractivity contribution is 7.13. The molecular weight excluding hydrogens is 282 g/mol. The van der Waals surface area contributed by atoms with Crippen molar-refractivity contribution < 1.29 is 19.4 Å². The minimum Gasteiger partial charge on any atom is -0.477 e. The van der Waals surface area contributed by atoms with E-state index in [9.17, 15) is 9.59 Å². The number of aromatic carboxylic acids is 1. The molecule has 1 aromatic heterocycles. The zero-order chi connectivity index (χ0) is 15.1. The van der Waals surface area contributed by atoms with Gasteiger partial charge in [0.05, 0.1) is 24.9 Å². The number of hydrogen-bond donors (Lipinski definition) is 3. The Labute approximate surface area is 121 Å². The topological polar surface area (TPSA) is 101 Å². The van der Waals surface area contributed by atoms with E-state index in [0.29, 0.717) is 17.3 Å². The first-order chi connectivity index (χ1) is 9.47. The van der Waals surface area contributed by atoms with E-state index >= 15 is 0 Å². The van der Waals surface area contributed by atoms with Crippen LogP contribution < -0.4 is 10.6 Å². The third-order valence-corrected chi connectivity index (χ3v) is 3.78. The molecule has 1 atom stereocenters. The van der Waals surface area contributed by atoms with Gasteiger partial charge in [-0.3, -0.25) is 0 Å². The Balaban J connectivity index is 2.48. The number of aromatic nitrogens is 1. The van der Waals surface area contributed by atoms with E-state index in [-0.39, 0.29) is 23.5 Å². The number of ether oxygens (including phenoxy) is 1. The predicted molar refractivity (Wildman–Crippen MR) is 75.1 cm³/mol. The van der Waals surface area contributed by atoms with Gasteiger partial charge in [-0.05, 0) is 13.3 Å². The van der Waals surface area contributed by atoms with Gasteiger partial charge in [0, 0.05) is 7.11 Å². The van der Waals surface area contributed by atoms with Gasteiger partial charge in [-0.15, -0.1) is 11.3 Å². The number of methoxy groups -OCH3 is 1. The molecule has 0 fully saturated rings. The van der Waals surface area contributed by atoms with Gasteiger partial charge < -0.3 is 20.5 Å². The number of nitrogens with zero attached hydrogens (tertiary/aromatic N) is 1. The van der Waals surface area contributed by atoms with Gasteiger partial charge in [0.25, 0.3) is 0 Å². The molecule has 2 amide bonds. The molecule has 112 valence electrons. The fraction of sp³-hybridized carbons (Fsp3) is 0.583. The van der Waals surface area contributed by atoms with Gasteiger partial charge in [0.1, 0.15) is 9.88 Å². The van der Waals surface area contributed by atoms with Crippen LogP contribution >= 0.6 is 11.3 Å². The van der Waals surface area contributed by atoms with Crippen molar-refractivity contribution in [1.82, 2.24) is 15.6 Å². The molecule has 0 radical (unpaired) electrons. The van der Waals surface area contributed by atoms with Crippen molar-refractivity contribution in [2.45, 2.75) is 32.9 Å². The minimum absolute atomic E-state index is 0.0485. The van der Waals surface area contributed by atoms with Crippen molar-refractivity contribution in [3.8, 4) is 0 Å². The molecule has 0 saturated heterocycles. The maximum absolute atomic E-state index is 11.7. The van der Waals surface area contributed by atoms with E-state index < -0.39 is 5.97 Å². The summed E-state index contributed by atoms with van der Waals surface area (Å²) in [6, 6.07) is -0.369. The maximum Gasteiger partial charge on any atom is 0.347 e. The van der Waals surface area contributed by atoms with Crippen molar-refractivity contribution in [3.05, 3.63) is 15.6 Å². The van der Waals surface area contributed by atoms with E-state index in [1.54, 1.807) is 14.0 Å². The van der Waals surface area contributed by atoms with Gasteiger partial charge in [-0.25, -0.2) is 14.6 Å². The predicted octanol–water partition coefficient (Wildman–Crippen LogP) is 1.37. The van der Waals surface area contributed by atoms with Gasteiger partial charge >= 0.3 is 12.0 Å². The lowest BCUT2D eigenvalue weighted by atomic mass is 10.2. The van der Waals surface area contributed by atoms with E-state index in [0.717, 1.165) is 17.8 Å². The number of carboxylic acid groups (broad SMARTS) is 1. The number of carboxylic acids is 1. The highest BCUT2D eigenvalue weighted by Gasteiger charge is 2.15. The summed E-state index contributed by atoms with van der Waals surface area (Å²) in [6.07, 6.45) is 0.765. The molecule has 1 aromatic rings. The lowest BCUT2D eigenvalue weighted by Crippen LogP contribution is -2.43. The molecule has 1 heterocycles. The number of urea groups is 1. The largest absolute Gasteiger partial charge is 0.477 e. The SMILES string of the molecule is CCC(COC)NC(=O)NCc1nc(C)c(C(=O)O)s1.